The summed E-state index contributed by atoms with van der Waals surface area (Å²) in [7, 11) is 3.75. The molecular formula is C15H23N3O. The Morgan fingerprint density at radius 2 is 2.16 bits per heavy atom. The van der Waals surface area contributed by atoms with Gasteiger partial charge in [0, 0.05) is 26.2 Å². The van der Waals surface area contributed by atoms with Crippen LogP contribution in [0.4, 0.5) is 0 Å². The number of nitrogens with zero attached hydrogens (tertiary/aromatic N) is 2. The molecule has 1 atom stereocenters. The Hall–Kier alpha value is -1.39. The predicted octanol–water partition coefficient (Wildman–Crippen LogP) is 2.65. The Morgan fingerprint density at radius 3 is 2.89 bits per heavy atom. The molecule has 2 aromatic rings. The van der Waals surface area contributed by atoms with E-state index < -0.39 is 0 Å². The van der Waals surface area contributed by atoms with Gasteiger partial charge in [0.1, 0.15) is 0 Å². The molecule has 0 aliphatic heterocycles. The van der Waals surface area contributed by atoms with Gasteiger partial charge in [0.05, 0.1) is 17.3 Å². The van der Waals surface area contributed by atoms with Crippen LogP contribution in [0.3, 0.4) is 0 Å². The monoisotopic (exact) mass is 261 g/mol. The van der Waals surface area contributed by atoms with Crippen molar-refractivity contribution in [3.63, 3.8) is 0 Å². The van der Waals surface area contributed by atoms with E-state index in [2.05, 4.69) is 36.5 Å². The first-order valence-corrected chi connectivity index (χ1v) is 6.91. The maximum absolute atomic E-state index is 5.15. The minimum atomic E-state index is 0.297. The molecule has 0 saturated carbocycles. The Labute approximate surface area is 114 Å². The van der Waals surface area contributed by atoms with Gasteiger partial charge in [-0.15, -0.1) is 0 Å². The van der Waals surface area contributed by atoms with Crippen LogP contribution in [0.2, 0.25) is 0 Å². The molecule has 4 nitrogen and oxygen atoms in total. The third kappa shape index (κ3) is 3.14. The van der Waals surface area contributed by atoms with E-state index in [4.69, 9.17) is 9.84 Å². The van der Waals surface area contributed by atoms with Crippen molar-refractivity contribution in [2.45, 2.75) is 25.8 Å². The number of methoxy groups -OCH3 is 1. The van der Waals surface area contributed by atoms with E-state index >= 15 is 0 Å². The van der Waals surface area contributed by atoms with Gasteiger partial charge in [-0.3, -0.25) is 4.68 Å². The Morgan fingerprint density at radius 1 is 1.37 bits per heavy atom. The van der Waals surface area contributed by atoms with Crippen molar-refractivity contribution in [3.8, 4) is 0 Å². The summed E-state index contributed by atoms with van der Waals surface area (Å²) >= 11 is 0. The highest BCUT2D eigenvalue weighted by Gasteiger charge is 2.17. The summed E-state index contributed by atoms with van der Waals surface area (Å²) in [6.45, 7) is 3.88. The zero-order chi connectivity index (χ0) is 13.7. The SMILES string of the molecule is CCNC(CCCOC)c1nn(C)c2ccccc12. The molecule has 0 aliphatic rings. The average molecular weight is 261 g/mol. The van der Waals surface area contributed by atoms with Gasteiger partial charge < -0.3 is 10.1 Å². The number of aryl methyl sites for hydroxylation is 1. The Kier molecular flexibility index (Phi) is 4.93. The molecule has 104 valence electrons. The molecular weight excluding hydrogens is 238 g/mol. The maximum Gasteiger partial charge on any atom is 0.0872 e. The van der Waals surface area contributed by atoms with E-state index in [1.54, 1.807) is 7.11 Å². The highest BCUT2D eigenvalue weighted by molar-refractivity contribution is 5.82. The number of rotatable bonds is 7. The molecule has 1 heterocycles. The highest BCUT2D eigenvalue weighted by Crippen LogP contribution is 2.26. The van der Waals surface area contributed by atoms with Gasteiger partial charge in [0.25, 0.3) is 0 Å². The van der Waals surface area contributed by atoms with E-state index in [9.17, 15) is 0 Å². The van der Waals surface area contributed by atoms with E-state index in [1.807, 2.05) is 11.7 Å². The van der Waals surface area contributed by atoms with Crippen molar-refractivity contribution in [1.82, 2.24) is 15.1 Å². The fourth-order valence-corrected chi connectivity index (χ4v) is 2.51. The highest BCUT2D eigenvalue weighted by atomic mass is 16.5. The summed E-state index contributed by atoms with van der Waals surface area (Å²) in [5.41, 5.74) is 2.34. The van der Waals surface area contributed by atoms with Crippen LogP contribution in [0.25, 0.3) is 10.9 Å². The first kappa shape index (κ1) is 14.0. The molecule has 1 unspecified atom stereocenters. The van der Waals surface area contributed by atoms with Gasteiger partial charge in [-0.2, -0.15) is 5.10 Å². The first-order chi connectivity index (χ1) is 9.27. The van der Waals surface area contributed by atoms with E-state index in [1.165, 1.54) is 10.9 Å². The predicted molar refractivity (Wildman–Crippen MR) is 78.2 cm³/mol. The molecule has 0 aliphatic carbocycles. The lowest BCUT2D eigenvalue weighted by molar-refractivity contribution is 0.188. The molecule has 1 N–H and O–H groups in total. The molecule has 0 fully saturated rings. The number of nitrogens with one attached hydrogen (secondary N) is 1. The second kappa shape index (κ2) is 6.68. The van der Waals surface area contributed by atoms with Gasteiger partial charge in [0.2, 0.25) is 0 Å². The number of hydrogen-bond acceptors (Lipinski definition) is 3. The van der Waals surface area contributed by atoms with Crippen LogP contribution < -0.4 is 5.32 Å². The van der Waals surface area contributed by atoms with Gasteiger partial charge in [-0.25, -0.2) is 0 Å². The summed E-state index contributed by atoms with van der Waals surface area (Å²) in [5.74, 6) is 0. The Balaban J connectivity index is 2.27. The van der Waals surface area contributed by atoms with Crippen LogP contribution in [-0.4, -0.2) is 30.0 Å². The van der Waals surface area contributed by atoms with Gasteiger partial charge in [-0.1, -0.05) is 25.1 Å². The average Bonchev–Trinajstić information content (AvgIpc) is 2.76. The van der Waals surface area contributed by atoms with E-state index in [0.29, 0.717) is 6.04 Å². The zero-order valence-electron chi connectivity index (χ0n) is 12.0. The third-order valence-corrected chi connectivity index (χ3v) is 3.41. The largest absolute Gasteiger partial charge is 0.385 e. The van der Waals surface area contributed by atoms with Crippen molar-refractivity contribution in [1.29, 1.82) is 0 Å². The molecule has 0 saturated heterocycles. The molecule has 0 spiro atoms. The molecule has 0 radical (unpaired) electrons. The fraction of sp³-hybridized carbons (Fsp3) is 0.533. The minimum Gasteiger partial charge on any atom is -0.385 e. The second-order valence-corrected chi connectivity index (χ2v) is 4.77. The van der Waals surface area contributed by atoms with Crippen molar-refractivity contribution in [2.24, 2.45) is 7.05 Å². The van der Waals surface area contributed by atoms with Crippen LogP contribution >= 0.6 is 0 Å². The van der Waals surface area contributed by atoms with Crippen LogP contribution in [0, 0.1) is 0 Å². The zero-order valence-corrected chi connectivity index (χ0v) is 12.0. The number of hydrogen-bond donors (Lipinski definition) is 1. The summed E-state index contributed by atoms with van der Waals surface area (Å²) in [6.07, 6.45) is 2.09. The van der Waals surface area contributed by atoms with Crippen molar-refractivity contribution < 1.29 is 4.74 Å². The maximum atomic E-state index is 5.15. The lowest BCUT2D eigenvalue weighted by Gasteiger charge is -2.16. The van der Waals surface area contributed by atoms with Crippen LogP contribution in [0.1, 0.15) is 31.5 Å². The standard InChI is InChI=1S/C15H23N3O/c1-4-16-13(9-7-11-19-3)15-12-8-5-6-10-14(12)18(2)17-15/h5-6,8,10,13,16H,4,7,9,11H2,1-3H3. The molecule has 19 heavy (non-hydrogen) atoms. The lowest BCUT2D eigenvalue weighted by Crippen LogP contribution is -2.22. The van der Waals surface area contributed by atoms with Crippen LogP contribution in [0.5, 0.6) is 0 Å². The number of aromatic nitrogens is 2. The smallest absolute Gasteiger partial charge is 0.0872 e. The summed E-state index contributed by atoms with van der Waals surface area (Å²) < 4.78 is 7.11. The molecule has 1 aromatic heterocycles. The molecule has 2 rings (SSSR count). The quantitative estimate of drug-likeness (QED) is 0.779. The van der Waals surface area contributed by atoms with Crippen LogP contribution in [-0.2, 0) is 11.8 Å². The topological polar surface area (TPSA) is 39.1 Å². The number of ether oxygens (including phenoxy) is 1. The molecule has 0 bridgehead atoms. The van der Waals surface area contributed by atoms with Crippen molar-refractivity contribution in [3.05, 3.63) is 30.0 Å². The molecule has 0 amide bonds. The van der Waals surface area contributed by atoms with Gasteiger partial charge in [0.15, 0.2) is 0 Å². The number of benzene rings is 1. The first-order valence-electron chi connectivity index (χ1n) is 6.91. The number of para-hydroxylation sites is 1. The Bertz CT molecular complexity index is 521. The molecule has 1 aromatic carbocycles. The summed E-state index contributed by atoms with van der Waals surface area (Å²) in [6, 6.07) is 8.70. The van der Waals surface area contributed by atoms with Gasteiger partial charge in [-0.05, 0) is 25.5 Å². The van der Waals surface area contributed by atoms with E-state index in [-0.39, 0.29) is 0 Å². The minimum absolute atomic E-state index is 0.297. The summed E-state index contributed by atoms with van der Waals surface area (Å²) in [5, 5.41) is 9.48. The van der Waals surface area contributed by atoms with Crippen molar-refractivity contribution in [2.75, 3.05) is 20.3 Å². The summed E-state index contributed by atoms with van der Waals surface area (Å²) in [4.78, 5) is 0. The molecule has 4 heteroatoms. The van der Waals surface area contributed by atoms with Crippen LogP contribution in [0.15, 0.2) is 24.3 Å². The van der Waals surface area contributed by atoms with Gasteiger partial charge >= 0.3 is 0 Å². The lowest BCUT2D eigenvalue weighted by atomic mass is 10.0. The second-order valence-electron chi connectivity index (χ2n) is 4.77. The fourth-order valence-electron chi connectivity index (χ4n) is 2.51. The normalized spacial score (nSPS) is 13.0. The number of fused-ring (bicyclic) bond motifs is 1. The van der Waals surface area contributed by atoms with Crippen molar-refractivity contribution >= 4 is 10.9 Å². The third-order valence-electron chi connectivity index (χ3n) is 3.41. The van der Waals surface area contributed by atoms with E-state index in [0.717, 1.165) is 31.7 Å².